The fourth-order valence-electron chi connectivity index (χ4n) is 0.971. The number of benzene rings is 1. The molecule has 4 heteroatoms. The van der Waals surface area contributed by atoms with Gasteiger partial charge in [0.15, 0.2) is 11.5 Å². The van der Waals surface area contributed by atoms with Crippen LogP contribution in [0, 0.1) is 17.7 Å². The van der Waals surface area contributed by atoms with Gasteiger partial charge in [0.2, 0.25) is 11.6 Å². The van der Waals surface area contributed by atoms with Gasteiger partial charge < -0.3 is 9.47 Å². The highest BCUT2D eigenvalue weighted by atomic mass is 19.2. The van der Waals surface area contributed by atoms with Gasteiger partial charge in [0.1, 0.15) is 13.2 Å². The summed E-state index contributed by atoms with van der Waals surface area (Å²) in [6.45, 7) is 0.429. The van der Waals surface area contributed by atoms with Gasteiger partial charge in [0.05, 0.1) is 0 Å². The summed E-state index contributed by atoms with van der Waals surface area (Å²) >= 11 is 0. The van der Waals surface area contributed by atoms with Crippen LogP contribution in [-0.2, 0) is 0 Å². The smallest absolute Gasteiger partial charge is 0.205 e. The van der Waals surface area contributed by atoms with Crippen molar-refractivity contribution in [1.29, 1.82) is 0 Å². The predicted octanol–water partition coefficient (Wildman–Crippen LogP) is 1.54. The van der Waals surface area contributed by atoms with Crippen LogP contribution in [0.5, 0.6) is 11.5 Å². The summed E-state index contributed by atoms with van der Waals surface area (Å²) in [4.78, 5) is 0. The maximum Gasteiger partial charge on any atom is 0.205 e. The Morgan fingerprint density at radius 3 is 2.75 bits per heavy atom. The zero-order chi connectivity index (χ0) is 8.55. The fourth-order valence-corrected chi connectivity index (χ4v) is 0.971. The van der Waals surface area contributed by atoms with Crippen LogP contribution in [-0.4, -0.2) is 13.2 Å². The van der Waals surface area contributed by atoms with Crippen molar-refractivity contribution in [2.45, 2.75) is 0 Å². The first-order chi connectivity index (χ1) is 5.79. The Bertz CT molecular complexity index is 281. The molecule has 0 spiro atoms. The van der Waals surface area contributed by atoms with E-state index in [0.717, 1.165) is 0 Å². The summed E-state index contributed by atoms with van der Waals surface area (Å²) < 4.78 is 35.4. The number of hydrogen-bond donors (Lipinski definition) is 0. The molecule has 0 unspecified atom stereocenters. The summed E-state index contributed by atoms with van der Waals surface area (Å²) in [7, 11) is 0. The van der Waals surface area contributed by atoms with E-state index in [2.05, 4.69) is 6.07 Å². The molecule has 2 heterocycles. The lowest BCUT2D eigenvalue weighted by atomic mass is 10.3. The van der Waals surface area contributed by atoms with E-state index in [4.69, 9.17) is 9.47 Å². The third kappa shape index (κ3) is 0.995. The van der Waals surface area contributed by atoms with Crippen molar-refractivity contribution in [2.24, 2.45) is 0 Å². The second kappa shape index (κ2) is 2.62. The molecule has 0 amide bonds. The summed E-state index contributed by atoms with van der Waals surface area (Å²) in [6.07, 6.45) is 0. The molecule has 1 aromatic carbocycles. The summed E-state index contributed by atoms with van der Waals surface area (Å²) in [5, 5.41) is 0. The Balaban J connectivity index is 2.58. The summed E-state index contributed by atoms with van der Waals surface area (Å²) in [6, 6.07) is 3.66. The average molecular weight is 171 g/mol. The number of hydrogen-bond acceptors (Lipinski definition) is 2. The molecule has 0 aliphatic carbocycles. The maximum absolute atomic E-state index is 12.9. The molecule has 1 radical (unpaired) electrons. The van der Waals surface area contributed by atoms with Gasteiger partial charge in [-0.1, -0.05) is 0 Å². The van der Waals surface area contributed by atoms with Crippen molar-refractivity contribution >= 4 is 0 Å². The molecule has 2 nitrogen and oxygen atoms in total. The second-order valence-corrected chi connectivity index (χ2v) is 2.31. The van der Waals surface area contributed by atoms with Crippen LogP contribution in [0.25, 0.3) is 0 Å². The van der Waals surface area contributed by atoms with Crippen LogP contribution in [0.2, 0.25) is 0 Å². The standard InChI is InChI=1S/C8H5F2O2/c9-7-5-1-2-6(8(7)10)12-4-3-11-5/h1H,3-4H2. The van der Waals surface area contributed by atoms with E-state index in [1.807, 2.05) is 0 Å². The molecule has 1 aromatic rings. The van der Waals surface area contributed by atoms with Crippen LogP contribution in [0.15, 0.2) is 6.07 Å². The van der Waals surface area contributed by atoms with Gasteiger partial charge in [-0.05, 0) is 6.07 Å². The third-order valence-electron chi connectivity index (χ3n) is 1.53. The first-order valence-corrected chi connectivity index (χ1v) is 3.44. The van der Waals surface area contributed by atoms with Crippen LogP contribution in [0.3, 0.4) is 0 Å². The Hall–Kier alpha value is -1.32. The number of ether oxygens (including phenoxy) is 2. The zero-order valence-electron chi connectivity index (χ0n) is 6.06. The minimum Gasteiger partial charge on any atom is -0.487 e. The first kappa shape index (κ1) is 7.34. The van der Waals surface area contributed by atoms with E-state index in [9.17, 15) is 8.78 Å². The molecule has 0 N–H and O–H groups in total. The third-order valence-corrected chi connectivity index (χ3v) is 1.53. The summed E-state index contributed by atoms with van der Waals surface area (Å²) in [5.74, 6) is -2.34. The molecule has 0 saturated heterocycles. The highest BCUT2D eigenvalue weighted by Gasteiger charge is 2.18. The molecule has 0 aromatic heterocycles. The molecule has 12 heavy (non-hydrogen) atoms. The molecule has 63 valence electrons. The van der Waals surface area contributed by atoms with Gasteiger partial charge in [-0.15, -0.1) is 0 Å². The van der Waals surface area contributed by atoms with Crippen molar-refractivity contribution in [2.75, 3.05) is 13.2 Å². The van der Waals surface area contributed by atoms with E-state index in [0.29, 0.717) is 0 Å². The Kier molecular flexibility index (Phi) is 1.60. The molecule has 2 aliphatic heterocycles. The van der Waals surface area contributed by atoms with Gasteiger partial charge in [-0.25, -0.2) is 0 Å². The topological polar surface area (TPSA) is 18.5 Å². The normalized spacial score (nSPS) is 14.5. The Morgan fingerprint density at radius 2 is 1.92 bits per heavy atom. The van der Waals surface area contributed by atoms with E-state index in [1.54, 1.807) is 0 Å². The Morgan fingerprint density at radius 1 is 1.17 bits per heavy atom. The van der Waals surface area contributed by atoms with Gasteiger partial charge in [-0.3, -0.25) is 0 Å². The van der Waals surface area contributed by atoms with Crippen molar-refractivity contribution < 1.29 is 18.3 Å². The van der Waals surface area contributed by atoms with Crippen LogP contribution in [0.4, 0.5) is 8.78 Å². The summed E-state index contributed by atoms with van der Waals surface area (Å²) in [5.41, 5.74) is 0. The van der Waals surface area contributed by atoms with Crippen LogP contribution < -0.4 is 9.47 Å². The van der Waals surface area contributed by atoms with Crippen molar-refractivity contribution in [3.8, 4) is 11.5 Å². The number of fused-ring (bicyclic) bond motifs is 5. The second-order valence-electron chi connectivity index (χ2n) is 2.31. The quantitative estimate of drug-likeness (QED) is 0.589. The van der Waals surface area contributed by atoms with Gasteiger partial charge in [0.25, 0.3) is 0 Å². The monoisotopic (exact) mass is 171 g/mol. The largest absolute Gasteiger partial charge is 0.487 e. The minimum absolute atomic E-state index is 0.112. The van der Waals surface area contributed by atoms with Gasteiger partial charge in [0, 0.05) is 6.07 Å². The van der Waals surface area contributed by atoms with Gasteiger partial charge >= 0.3 is 0 Å². The fraction of sp³-hybridized carbons (Fsp3) is 0.250. The number of rotatable bonds is 0. The van der Waals surface area contributed by atoms with E-state index < -0.39 is 11.6 Å². The molecule has 0 saturated carbocycles. The van der Waals surface area contributed by atoms with Crippen LogP contribution >= 0.6 is 0 Å². The van der Waals surface area contributed by atoms with Crippen LogP contribution in [0.1, 0.15) is 0 Å². The van der Waals surface area contributed by atoms with Gasteiger partial charge in [-0.2, -0.15) is 8.78 Å². The highest BCUT2D eigenvalue weighted by Crippen LogP contribution is 2.28. The molecule has 2 bridgehead atoms. The first-order valence-electron chi connectivity index (χ1n) is 3.44. The maximum atomic E-state index is 12.9. The van der Waals surface area contributed by atoms with Crippen molar-refractivity contribution in [1.82, 2.24) is 0 Å². The predicted molar refractivity (Wildman–Crippen MR) is 36.2 cm³/mol. The lowest BCUT2D eigenvalue weighted by Gasteiger charge is -2.14. The molecule has 3 rings (SSSR count). The van der Waals surface area contributed by atoms with E-state index >= 15 is 0 Å². The van der Waals surface area contributed by atoms with Crippen molar-refractivity contribution in [3.05, 3.63) is 23.8 Å². The average Bonchev–Trinajstić information content (AvgIpc) is 2.00. The van der Waals surface area contributed by atoms with E-state index in [1.165, 1.54) is 6.07 Å². The molecule has 0 fully saturated rings. The molecule has 2 aliphatic rings. The lowest BCUT2D eigenvalue weighted by Crippen LogP contribution is -2.14. The highest BCUT2D eigenvalue weighted by molar-refractivity contribution is 5.34. The van der Waals surface area contributed by atoms with Crippen molar-refractivity contribution in [3.63, 3.8) is 0 Å². The molecular formula is C8H5F2O2. The number of halogens is 2. The zero-order valence-corrected chi connectivity index (χ0v) is 6.06. The minimum atomic E-state index is -1.03. The Labute approximate surface area is 67.7 Å². The van der Waals surface area contributed by atoms with E-state index in [-0.39, 0.29) is 24.7 Å². The molecular weight excluding hydrogens is 166 g/mol. The SMILES string of the molecule is Fc1c2[c]cc(c1F)OCCO2. The molecule has 0 atom stereocenters. The lowest BCUT2D eigenvalue weighted by molar-refractivity contribution is 0.188.